The molecule has 4 N–H and O–H groups in total. The Balaban J connectivity index is 1.80. The van der Waals surface area contributed by atoms with Gasteiger partial charge in [-0.1, -0.05) is 35.9 Å². The third kappa shape index (κ3) is 2.86. The van der Waals surface area contributed by atoms with Gasteiger partial charge in [0.1, 0.15) is 6.04 Å². The van der Waals surface area contributed by atoms with Gasteiger partial charge in [0.15, 0.2) is 0 Å². The van der Waals surface area contributed by atoms with Crippen LogP contribution >= 0.6 is 11.6 Å². The molecule has 4 rings (SSSR count). The molecule has 132 valence electrons. The number of benzene rings is 2. The van der Waals surface area contributed by atoms with Gasteiger partial charge in [-0.2, -0.15) is 5.10 Å². The molecule has 2 atom stereocenters. The summed E-state index contributed by atoms with van der Waals surface area (Å²) in [5, 5.41) is 11.2. The Kier molecular flexibility index (Phi) is 4.00. The largest absolute Gasteiger partial charge is 0.368 e. The van der Waals surface area contributed by atoms with Gasteiger partial charge in [-0.05, 0) is 29.3 Å². The minimum absolute atomic E-state index is 0.197. The maximum absolute atomic E-state index is 12.5. The van der Waals surface area contributed by atoms with Gasteiger partial charge < -0.3 is 16.0 Å². The normalized spacial score (nSPS) is 18.1. The van der Waals surface area contributed by atoms with E-state index in [4.69, 9.17) is 17.3 Å². The van der Waals surface area contributed by atoms with Gasteiger partial charge in [0.05, 0.1) is 24.3 Å². The number of fused-ring (bicyclic) bond motifs is 1. The van der Waals surface area contributed by atoms with E-state index < -0.39 is 11.9 Å². The molecule has 0 radical (unpaired) electrons. The summed E-state index contributed by atoms with van der Waals surface area (Å²) >= 11 is 6.01. The first-order chi connectivity index (χ1) is 12.5. The Hall–Kier alpha value is -3.06. The number of nitrogens with one attached hydrogen (secondary N) is 2. The number of rotatable bonds is 4. The maximum Gasteiger partial charge on any atom is 0.318 e. The lowest BCUT2D eigenvalue weighted by Gasteiger charge is -2.28. The summed E-state index contributed by atoms with van der Waals surface area (Å²) in [7, 11) is 0. The smallest absolute Gasteiger partial charge is 0.318 e. The molecule has 0 aliphatic carbocycles. The lowest BCUT2D eigenvalue weighted by atomic mass is 9.96. The second-order valence-electron chi connectivity index (χ2n) is 6.23. The molecule has 1 aliphatic rings. The molecule has 1 fully saturated rings. The third-order valence-corrected chi connectivity index (χ3v) is 4.81. The molecule has 7 nitrogen and oxygen atoms in total. The van der Waals surface area contributed by atoms with E-state index >= 15 is 0 Å². The summed E-state index contributed by atoms with van der Waals surface area (Å²) in [6, 6.07) is 11.7. The summed E-state index contributed by atoms with van der Waals surface area (Å²) in [6.45, 7) is 0.197. The minimum Gasteiger partial charge on any atom is -0.368 e. The van der Waals surface area contributed by atoms with Crippen LogP contribution in [0.4, 0.5) is 4.79 Å². The van der Waals surface area contributed by atoms with E-state index in [2.05, 4.69) is 15.5 Å². The van der Waals surface area contributed by atoms with E-state index in [1.165, 1.54) is 0 Å². The van der Waals surface area contributed by atoms with Crippen LogP contribution in [-0.2, 0) is 4.79 Å². The number of H-pyrrole nitrogens is 1. The lowest BCUT2D eigenvalue weighted by Crippen LogP contribution is -2.39. The zero-order valence-corrected chi connectivity index (χ0v) is 14.4. The first-order valence-electron chi connectivity index (χ1n) is 8.08. The standard InChI is InChI=1S/C18H16ClN5O2/c19-13-5-3-10(4-6-13)16(24-9-15(17(20)25)22-18(24)26)11-1-2-12-8-21-23-14(12)7-11/h1-8,15-16H,9H2,(H2,20,25)(H,21,23)(H,22,26)/t15?,16-/m0/s1. The predicted molar refractivity (Wildman–Crippen MR) is 97.6 cm³/mol. The zero-order chi connectivity index (χ0) is 18.3. The van der Waals surface area contributed by atoms with Crippen LogP contribution in [0.3, 0.4) is 0 Å². The minimum atomic E-state index is -0.715. The van der Waals surface area contributed by atoms with E-state index in [9.17, 15) is 9.59 Å². The summed E-state index contributed by atoms with van der Waals surface area (Å²) in [5.74, 6) is -0.556. The Morgan fingerprint density at radius 1 is 1.23 bits per heavy atom. The summed E-state index contributed by atoms with van der Waals surface area (Å²) in [6.07, 6.45) is 1.74. The lowest BCUT2D eigenvalue weighted by molar-refractivity contribution is -0.119. The fourth-order valence-corrected chi connectivity index (χ4v) is 3.39. The van der Waals surface area contributed by atoms with Gasteiger partial charge in [0.25, 0.3) is 0 Å². The van der Waals surface area contributed by atoms with Crippen molar-refractivity contribution in [2.75, 3.05) is 6.54 Å². The Bertz CT molecular complexity index is 985. The van der Waals surface area contributed by atoms with Crippen molar-refractivity contribution in [3.05, 3.63) is 64.8 Å². The van der Waals surface area contributed by atoms with Crippen molar-refractivity contribution in [1.29, 1.82) is 0 Å². The summed E-state index contributed by atoms with van der Waals surface area (Å²) in [4.78, 5) is 25.6. The van der Waals surface area contributed by atoms with E-state index in [-0.39, 0.29) is 18.6 Å². The number of hydrogen-bond donors (Lipinski definition) is 3. The van der Waals surface area contributed by atoms with Crippen molar-refractivity contribution >= 4 is 34.4 Å². The molecule has 0 bridgehead atoms. The van der Waals surface area contributed by atoms with Gasteiger partial charge in [-0.25, -0.2) is 4.79 Å². The van der Waals surface area contributed by atoms with Crippen LogP contribution in [0.15, 0.2) is 48.7 Å². The van der Waals surface area contributed by atoms with Crippen LogP contribution < -0.4 is 11.1 Å². The molecule has 2 heterocycles. The molecule has 1 aromatic heterocycles. The SMILES string of the molecule is NC(=O)C1CN([C@@H](c2ccc(Cl)cc2)c2ccc3cn[nH]c3c2)C(=O)N1. The van der Waals surface area contributed by atoms with E-state index in [0.29, 0.717) is 5.02 Å². The van der Waals surface area contributed by atoms with Crippen LogP contribution in [0.2, 0.25) is 5.02 Å². The summed E-state index contributed by atoms with van der Waals surface area (Å²) < 4.78 is 0. The van der Waals surface area contributed by atoms with Gasteiger partial charge in [-0.15, -0.1) is 0 Å². The number of carbonyl (C=O) groups is 2. The molecule has 0 spiro atoms. The number of nitrogens with zero attached hydrogens (tertiary/aromatic N) is 2. The van der Waals surface area contributed by atoms with Crippen LogP contribution in [-0.4, -0.2) is 39.6 Å². The molecule has 8 heteroatoms. The maximum atomic E-state index is 12.5. The zero-order valence-electron chi connectivity index (χ0n) is 13.6. The van der Waals surface area contributed by atoms with Crippen LogP contribution in [0.25, 0.3) is 10.9 Å². The molecule has 2 aromatic carbocycles. The van der Waals surface area contributed by atoms with Crippen molar-refractivity contribution in [3.63, 3.8) is 0 Å². The highest BCUT2D eigenvalue weighted by Crippen LogP contribution is 2.32. The number of halogens is 1. The Morgan fingerprint density at radius 3 is 2.65 bits per heavy atom. The van der Waals surface area contributed by atoms with Crippen LogP contribution in [0.5, 0.6) is 0 Å². The fourth-order valence-electron chi connectivity index (χ4n) is 3.26. The van der Waals surface area contributed by atoms with E-state index in [1.807, 2.05) is 30.3 Å². The number of hydrogen-bond acceptors (Lipinski definition) is 3. The van der Waals surface area contributed by atoms with Crippen molar-refractivity contribution in [2.45, 2.75) is 12.1 Å². The second-order valence-corrected chi connectivity index (χ2v) is 6.66. The molecule has 3 aromatic rings. The fraction of sp³-hybridized carbons (Fsp3) is 0.167. The third-order valence-electron chi connectivity index (χ3n) is 4.56. The number of aromatic amines is 1. The first-order valence-corrected chi connectivity index (χ1v) is 8.45. The van der Waals surface area contributed by atoms with Crippen LogP contribution in [0.1, 0.15) is 17.2 Å². The number of carbonyl (C=O) groups excluding carboxylic acids is 2. The van der Waals surface area contributed by atoms with Gasteiger partial charge in [0, 0.05) is 10.4 Å². The molecule has 3 amide bonds. The van der Waals surface area contributed by atoms with Crippen molar-refractivity contribution in [3.8, 4) is 0 Å². The van der Waals surface area contributed by atoms with Crippen molar-refractivity contribution in [1.82, 2.24) is 20.4 Å². The molecule has 1 aliphatic heterocycles. The number of amides is 3. The predicted octanol–water partition coefficient (Wildman–Crippen LogP) is 2.18. The van der Waals surface area contributed by atoms with Crippen LogP contribution in [0, 0.1) is 0 Å². The van der Waals surface area contributed by atoms with Crippen molar-refractivity contribution < 1.29 is 9.59 Å². The van der Waals surface area contributed by atoms with Gasteiger partial charge in [-0.3, -0.25) is 9.89 Å². The molecular formula is C18H16ClN5O2. The average Bonchev–Trinajstić information content (AvgIpc) is 3.23. The second kappa shape index (κ2) is 6.34. The average molecular weight is 370 g/mol. The number of aromatic nitrogens is 2. The topological polar surface area (TPSA) is 104 Å². The van der Waals surface area contributed by atoms with E-state index in [1.54, 1.807) is 23.2 Å². The van der Waals surface area contributed by atoms with Gasteiger partial charge >= 0.3 is 6.03 Å². The first kappa shape index (κ1) is 16.4. The van der Waals surface area contributed by atoms with Crippen molar-refractivity contribution in [2.24, 2.45) is 5.73 Å². The number of urea groups is 1. The molecule has 26 heavy (non-hydrogen) atoms. The van der Waals surface area contributed by atoms with E-state index in [0.717, 1.165) is 22.0 Å². The Morgan fingerprint density at radius 2 is 1.96 bits per heavy atom. The number of nitrogens with two attached hydrogens (primary N) is 1. The van der Waals surface area contributed by atoms with Gasteiger partial charge in [0.2, 0.25) is 5.91 Å². The summed E-state index contributed by atoms with van der Waals surface area (Å²) in [5.41, 5.74) is 8.01. The highest BCUT2D eigenvalue weighted by atomic mass is 35.5. The Labute approximate surface area is 154 Å². The molecule has 1 saturated heterocycles. The number of primary amides is 1. The quantitative estimate of drug-likeness (QED) is 0.656. The molecular weight excluding hydrogens is 354 g/mol. The highest BCUT2D eigenvalue weighted by Gasteiger charge is 2.37. The monoisotopic (exact) mass is 369 g/mol. The highest BCUT2D eigenvalue weighted by molar-refractivity contribution is 6.30. The molecule has 1 unspecified atom stereocenters. The molecule has 0 saturated carbocycles.